The Morgan fingerprint density at radius 1 is 0.897 bits per heavy atom. The van der Waals surface area contributed by atoms with Crippen LogP contribution in [0.1, 0.15) is 10.4 Å². The number of methoxy groups -OCH3 is 2. The molecule has 0 spiro atoms. The summed E-state index contributed by atoms with van der Waals surface area (Å²) < 4.78 is 31.5. The third kappa shape index (κ3) is 3.16. The van der Waals surface area contributed by atoms with Crippen LogP contribution in [-0.2, 0) is 0 Å². The van der Waals surface area contributed by atoms with E-state index in [9.17, 15) is 9.90 Å². The average Bonchev–Trinajstić information content (AvgIpc) is 2.74. The number of fused-ring (bicyclic) bond motifs is 2. The smallest absolute Gasteiger partial charge is 0.336 e. The zero-order valence-corrected chi connectivity index (χ0v) is 15.6. The van der Waals surface area contributed by atoms with E-state index in [1.54, 1.807) is 24.4 Å². The van der Waals surface area contributed by atoms with Crippen LogP contribution in [0.2, 0.25) is 0 Å². The highest BCUT2D eigenvalue weighted by atomic mass is 19.1. The molecular weight excluding hydrogens is 377 g/mol. The van der Waals surface area contributed by atoms with Gasteiger partial charge in [0.05, 0.1) is 25.3 Å². The van der Waals surface area contributed by atoms with Crippen molar-refractivity contribution in [2.75, 3.05) is 14.2 Å². The maximum Gasteiger partial charge on any atom is 0.336 e. The van der Waals surface area contributed by atoms with Crippen LogP contribution in [0.5, 0.6) is 23.0 Å². The monoisotopic (exact) mass is 393 g/mol. The van der Waals surface area contributed by atoms with Crippen LogP contribution in [0, 0.1) is 5.82 Å². The Morgan fingerprint density at radius 2 is 1.66 bits per heavy atom. The Labute approximate surface area is 165 Å². The molecule has 0 atom stereocenters. The van der Waals surface area contributed by atoms with Gasteiger partial charge in [0.2, 0.25) is 0 Å². The van der Waals surface area contributed by atoms with Gasteiger partial charge in [0.15, 0.2) is 23.1 Å². The first-order valence-electron chi connectivity index (χ1n) is 8.66. The molecule has 29 heavy (non-hydrogen) atoms. The molecule has 0 radical (unpaired) electrons. The summed E-state index contributed by atoms with van der Waals surface area (Å²) in [5, 5.41) is 10.4. The van der Waals surface area contributed by atoms with E-state index in [-0.39, 0.29) is 16.7 Å². The highest BCUT2D eigenvalue weighted by Crippen LogP contribution is 2.38. The van der Waals surface area contributed by atoms with Crippen LogP contribution in [0.4, 0.5) is 4.39 Å². The summed E-state index contributed by atoms with van der Waals surface area (Å²) in [7, 11) is 3.05. The van der Waals surface area contributed by atoms with Gasteiger partial charge in [0, 0.05) is 23.0 Å². The largest absolute Gasteiger partial charge is 0.493 e. The topological polar surface area (TPSA) is 77.9 Å². The second-order valence-corrected chi connectivity index (χ2v) is 6.22. The SMILES string of the molecule is COc1cc2nccc(Oc3ccc4c(C(=O)O)cccc4c3F)c2cc1OC. The lowest BCUT2D eigenvalue weighted by Gasteiger charge is -2.13. The summed E-state index contributed by atoms with van der Waals surface area (Å²) in [6.07, 6.45) is 1.55. The minimum Gasteiger partial charge on any atom is -0.493 e. The second kappa shape index (κ2) is 7.27. The van der Waals surface area contributed by atoms with Crippen molar-refractivity contribution in [1.82, 2.24) is 4.98 Å². The van der Waals surface area contributed by atoms with Crippen molar-refractivity contribution < 1.29 is 28.5 Å². The van der Waals surface area contributed by atoms with Crippen molar-refractivity contribution in [3.05, 3.63) is 66.1 Å². The Bertz CT molecular complexity index is 1260. The molecule has 0 bridgehead atoms. The molecule has 4 rings (SSSR count). The standard InChI is InChI=1S/C22H16FNO5/c1-27-19-10-15-16(11-20(19)28-2)24-9-8-17(15)29-18-7-6-12-13(21(18)23)4-3-5-14(12)22(25)26/h3-11H,1-2H3,(H,25,26). The lowest BCUT2D eigenvalue weighted by Crippen LogP contribution is -1.99. The Hall–Kier alpha value is -3.87. The zero-order valence-electron chi connectivity index (χ0n) is 15.6. The maximum atomic E-state index is 15.1. The minimum absolute atomic E-state index is 0.0256. The van der Waals surface area contributed by atoms with Gasteiger partial charge in [-0.25, -0.2) is 9.18 Å². The molecule has 4 aromatic rings. The predicted octanol–water partition coefficient (Wildman–Crippen LogP) is 5.03. The van der Waals surface area contributed by atoms with Crippen LogP contribution in [-0.4, -0.2) is 30.3 Å². The predicted molar refractivity (Wildman–Crippen MR) is 106 cm³/mol. The number of benzene rings is 3. The number of hydrogen-bond donors (Lipinski definition) is 1. The summed E-state index contributed by atoms with van der Waals surface area (Å²) in [5.41, 5.74) is 0.619. The van der Waals surface area contributed by atoms with Gasteiger partial charge < -0.3 is 19.3 Å². The number of halogens is 1. The van der Waals surface area contributed by atoms with Crippen LogP contribution in [0.25, 0.3) is 21.7 Å². The lowest BCUT2D eigenvalue weighted by atomic mass is 10.0. The highest BCUT2D eigenvalue weighted by molar-refractivity contribution is 6.04. The maximum absolute atomic E-state index is 15.1. The molecule has 0 amide bonds. The molecule has 146 valence electrons. The second-order valence-electron chi connectivity index (χ2n) is 6.22. The van der Waals surface area contributed by atoms with Gasteiger partial charge in [0.1, 0.15) is 5.75 Å². The van der Waals surface area contributed by atoms with Crippen LogP contribution in [0.15, 0.2) is 54.7 Å². The third-order valence-corrected chi connectivity index (χ3v) is 4.62. The number of pyridine rings is 1. The summed E-state index contributed by atoms with van der Waals surface area (Å²) in [5.74, 6) is -0.405. The summed E-state index contributed by atoms with van der Waals surface area (Å²) >= 11 is 0. The van der Waals surface area contributed by atoms with Crippen molar-refractivity contribution in [2.45, 2.75) is 0 Å². The molecule has 1 aromatic heterocycles. The average molecular weight is 393 g/mol. The van der Waals surface area contributed by atoms with E-state index in [0.29, 0.717) is 33.5 Å². The fraction of sp³-hybridized carbons (Fsp3) is 0.0909. The summed E-state index contributed by atoms with van der Waals surface area (Å²) in [4.78, 5) is 15.7. The van der Waals surface area contributed by atoms with Crippen LogP contribution < -0.4 is 14.2 Å². The molecule has 0 unspecified atom stereocenters. The van der Waals surface area contributed by atoms with E-state index < -0.39 is 11.8 Å². The van der Waals surface area contributed by atoms with Gasteiger partial charge in [-0.2, -0.15) is 0 Å². The Balaban J connectivity index is 1.84. The highest BCUT2D eigenvalue weighted by Gasteiger charge is 2.16. The minimum atomic E-state index is -1.12. The van der Waals surface area contributed by atoms with Gasteiger partial charge in [0.25, 0.3) is 0 Å². The molecule has 0 saturated carbocycles. The quantitative estimate of drug-likeness (QED) is 0.512. The third-order valence-electron chi connectivity index (χ3n) is 4.62. The molecule has 3 aromatic carbocycles. The van der Waals surface area contributed by atoms with Crippen molar-refractivity contribution in [3.8, 4) is 23.0 Å². The molecule has 6 nitrogen and oxygen atoms in total. The summed E-state index contributed by atoms with van der Waals surface area (Å²) in [6, 6.07) is 12.4. The molecular formula is C22H16FNO5. The van der Waals surface area contributed by atoms with Crippen molar-refractivity contribution in [2.24, 2.45) is 0 Å². The number of carboxylic acids is 1. The fourth-order valence-corrected chi connectivity index (χ4v) is 3.22. The first-order chi connectivity index (χ1) is 14.0. The van der Waals surface area contributed by atoms with Gasteiger partial charge >= 0.3 is 5.97 Å². The number of carboxylic acid groups (broad SMARTS) is 1. The first kappa shape index (κ1) is 18.5. The molecule has 0 aliphatic carbocycles. The number of aromatic nitrogens is 1. The van der Waals surface area contributed by atoms with Gasteiger partial charge in [-0.3, -0.25) is 4.98 Å². The summed E-state index contributed by atoms with van der Waals surface area (Å²) in [6.45, 7) is 0. The molecule has 1 N–H and O–H groups in total. The number of hydrogen-bond acceptors (Lipinski definition) is 5. The zero-order chi connectivity index (χ0) is 20.5. The Morgan fingerprint density at radius 3 is 2.38 bits per heavy atom. The van der Waals surface area contributed by atoms with E-state index in [0.717, 1.165) is 0 Å². The van der Waals surface area contributed by atoms with E-state index in [1.165, 1.54) is 44.6 Å². The number of aromatic carboxylic acids is 1. The van der Waals surface area contributed by atoms with E-state index in [2.05, 4.69) is 4.98 Å². The number of carbonyl (C=O) groups is 1. The van der Waals surface area contributed by atoms with Gasteiger partial charge in [-0.1, -0.05) is 12.1 Å². The number of ether oxygens (including phenoxy) is 3. The Kier molecular flexibility index (Phi) is 4.64. The molecule has 0 saturated heterocycles. The molecule has 7 heteroatoms. The molecule has 0 fully saturated rings. The van der Waals surface area contributed by atoms with E-state index >= 15 is 4.39 Å². The van der Waals surface area contributed by atoms with E-state index in [4.69, 9.17) is 14.2 Å². The van der Waals surface area contributed by atoms with Gasteiger partial charge in [-0.05, 0) is 35.7 Å². The van der Waals surface area contributed by atoms with E-state index in [1.807, 2.05) is 0 Å². The first-order valence-corrected chi connectivity index (χ1v) is 8.66. The molecule has 1 heterocycles. The van der Waals surface area contributed by atoms with Crippen molar-refractivity contribution >= 4 is 27.6 Å². The van der Waals surface area contributed by atoms with Crippen molar-refractivity contribution in [3.63, 3.8) is 0 Å². The van der Waals surface area contributed by atoms with Gasteiger partial charge in [-0.15, -0.1) is 0 Å². The lowest BCUT2D eigenvalue weighted by molar-refractivity contribution is 0.0699. The molecule has 0 aliphatic heterocycles. The molecule has 0 aliphatic rings. The fourth-order valence-electron chi connectivity index (χ4n) is 3.22. The van der Waals surface area contributed by atoms with Crippen LogP contribution in [0.3, 0.4) is 0 Å². The van der Waals surface area contributed by atoms with Crippen LogP contribution >= 0.6 is 0 Å². The number of nitrogens with zero attached hydrogens (tertiary/aromatic N) is 1. The normalized spacial score (nSPS) is 10.9. The van der Waals surface area contributed by atoms with Crippen molar-refractivity contribution in [1.29, 1.82) is 0 Å². The number of rotatable bonds is 5.